The largest absolute Gasteiger partial charge is 0.380 e. The van der Waals surface area contributed by atoms with Crippen LogP contribution in [0.4, 0.5) is 5.82 Å². The van der Waals surface area contributed by atoms with Crippen LogP contribution in [0.5, 0.6) is 0 Å². The molecule has 0 aliphatic carbocycles. The van der Waals surface area contributed by atoms with Crippen LogP contribution in [0.25, 0.3) is 11.4 Å². The summed E-state index contributed by atoms with van der Waals surface area (Å²) in [6.45, 7) is 0.570. The van der Waals surface area contributed by atoms with Gasteiger partial charge in [-0.25, -0.2) is 9.97 Å². The first-order valence-electron chi connectivity index (χ1n) is 6.56. The molecular weight excluding hydrogens is 270 g/mol. The van der Waals surface area contributed by atoms with Gasteiger partial charge in [-0.2, -0.15) is 11.8 Å². The fraction of sp³-hybridized carbons (Fsp3) is 0.333. The van der Waals surface area contributed by atoms with Crippen molar-refractivity contribution < 1.29 is 4.74 Å². The molecule has 0 unspecified atom stereocenters. The van der Waals surface area contributed by atoms with Crippen LogP contribution < -0.4 is 5.32 Å². The average molecular weight is 287 g/mol. The van der Waals surface area contributed by atoms with Crippen molar-refractivity contribution in [2.45, 2.75) is 18.1 Å². The van der Waals surface area contributed by atoms with Crippen molar-refractivity contribution in [2.75, 3.05) is 19.5 Å². The van der Waals surface area contributed by atoms with E-state index in [0.29, 0.717) is 6.61 Å². The predicted octanol–water partition coefficient (Wildman–Crippen LogP) is 3.08. The molecule has 1 aliphatic rings. The summed E-state index contributed by atoms with van der Waals surface area (Å²) in [6, 6.07) is 8.14. The number of nitrogens with one attached hydrogen (secondary N) is 1. The lowest BCUT2D eigenvalue weighted by Gasteiger charge is -2.11. The van der Waals surface area contributed by atoms with Crippen molar-refractivity contribution in [2.24, 2.45) is 0 Å². The fourth-order valence-corrected chi connectivity index (χ4v) is 3.44. The number of methoxy groups -OCH3 is 1. The number of thioether (sulfide) groups is 1. The van der Waals surface area contributed by atoms with Crippen LogP contribution in [0, 0.1) is 0 Å². The van der Waals surface area contributed by atoms with Gasteiger partial charge >= 0.3 is 0 Å². The Kier molecular flexibility index (Phi) is 3.89. The van der Waals surface area contributed by atoms with Gasteiger partial charge < -0.3 is 10.1 Å². The van der Waals surface area contributed by atoms with Crippen LogP contribution in [-0.2, 0) is 22.8 Å². The summed E-state index contributed by atoms with van der Waals surface area (Å²) in [7, 11) is 3.62. The maximum absolute atomic E-state index is 5.26. The second-order valence-electron chi connectivity index (χ2n) is 4.65. The minimum Gasteiger partial charge on any atom is -0.380 e. The summed E-state index contributed by atoms with van der Waals surface area (Å²) < 4.78 is 5.26. The number of rotatable bonds is 4. The fourth-order valence-electron chi connectivity index (χ4n) is 2.40. The molecule has 0 saturated heterocycles. The number of hydrogen-bond donors (Lipinski definition) is 1. The molecule has 0 radical (unpaired) electrons. The molecule has 0 amide bonds. The van der Waals surface area contributed by atoms with Crippen molar-refractivity contribution in [3.63, 3.8) is 0 Å². The topological polar surface area (TPSA) is 47.0 Å². The molecule has 0 spiro atoms. The zero-order valence-corrected chi connectivity index (χ0v) is 12.5. The van der Waals surface area contributed by atoms with E-state index in [4.69, 9.17) is 9.72 Å². The van der Waals surface area contributed by atoms with Crippen LogP contribution in [0.2, 0.25) is 0 Å². The Hall–Kier alpha value is -1.59. The van der Waals surface area contributed by atoms with Crippen molar-refractivity contribution >= 4 is 17.6 Å². The number of ether oxygens (including phenoxy) is 1. The molecule has 2 aromatic rings. The van der Waals surface area contributed by atoms with Gasteiger partial charge in [0.2, 0.25) is 0 Å². The van der Waals surface area contributed by atoms with Crippen molar-refractivity contribution in [1.82, 2.24) is 9.97 Å². The van der Waals surface area contributed by atoms with E-state index in [1.54, 1.807) is 7.11 Å². The SMILES string of the molecule is CNc1nc(-c2ccccc2COC)nc2c1CSC2. The standard InChI is InChI=1S/C15H17N3OS/c1-16-14-12-8-20-9-13(12)17-15(18-14)11-6-4-3-5-10(11)7-19-2/h3-6H,7-9H2,1-2H3,(H,16,17,18). The molecule has 0 atom stereocenters. The zero-order valence-electron chi connectivity index (χ0n) is 11.6. The summed E-state index contributed by atoms with van der Waals surface area (Å²) in [5, 5.41) is 3.19. The molecule has 0 fully saturated rings. The summed E-state index contributed by atoms with van der Waals surface area (Å²) in [4.78, 5) is 9.43. The molecule has 1 N–H and O–H groups in total. The monoisotopic (exact) mass is 287 g/mol. The smallest absolute Gasteiger partial charge is 0.162 e. The van der Waals surface area contributed by atoms with E-state index >= 15 is 0 Å². The highest BCUT2D eigenvalue weighted by atomic mass is 32.2. The lowest BCUT2D eigenvalue weighted by molar-refractivity contribution is 0.185. The first-order valence-corrected chi connectivity index (χ1v) is 7.71. The van der Waals surface area contributed by atoms with Gasteiger partial charge in [0.1, 0.15) is 5.82 Å². The molecule has 104 valence electrons. The highest BCUT2D eigenvalue weighted by Gasteiger charge is 2.20. The van der Waals surface area contributed by atoms with Gasteiger partial charge in [-0.15, -0.1) is 0 Å². The molecule has 0 bridgehead atoms. The number of aromatic nitrogens is 2. The van der Waals surface area contributed by atoms with Gasteiger partial charge in [0.15, 0.2) is 5.82 Å². The Morgan fingerprint density at radius 2 is 2.10 bits per heavy atom. The third-order valence-electron chi connectivity index (χ3n) is 3.37. The molecule has 20 heavy (non-hydrogen) atoms. The van der Waals surface area contributed by atoms with Crippen molar-refractivity contribution in [1.29, 1.82) is 0 Å². The molecule has 1 aromatic carbocycles. The third kappa shape index (κ3) is 2.39. The van der Waals surface area contributed by atoms with E-state index in [1.165, 1.54) is 5.56 Å². The van der Waals surface area contributed by atoms with E-state index in [0.717, 1.165) is 40.0 Å². The Morgan fingerprint density at radius 3 is 2.90 bits per heavy atom. The molecule has 1 aliphatic heterocycles. The zero-order chi connectivity index (χ0) is 13.9. The number of benzene rings is 1. The average Bonchev–Trinajstić information content (AvgIpc) is 2.95. The summed E-state index contributed by atoms with van der Waals surface area (Å²) in [5.41, 5.74) is 4.55. The summed E-state index contributed by atoms with van der Waals surface area (Å²) in [6.07, 6.45) is 0. The van der Waals surface area contributed by atoms with Gasteiger partial charge in [0, 0.05) is 36.8 Å². The van der Waals surface area contributed by atoms with Gasteiger partial charge in [-0.3, -0.25) is 0 Å². The Bertz CT molecular complexity index is 631. The quantitative estimate of drug-likeness (QED) is 0.936. The van der Waals surface area contributed by atoms with Gasteiger partial charge in [0.05, 0.1) is 12.3 Å². The number of hydrogen-bond acceptors (Lipinski definition) is 5. The van der Waals surface area contributed by atoms with Crippen LogP contribution in [-0.4, -0.2) is 24.1 Å². The van der Waals surface area contributed by atoms with Gasteiger partial charge in [-0.05, 0) is 5.56 Å². The molecule has 2 heterocycles. The minimum absolute atomic E-state index is 0.570. The van der Waals surface area contributed by atoms with E-state index in [-0.39, 0.29) is 0 Å². The first kappa shape index (κ1) is 13.4. The van der Waals surface area contributed by atoms with Crippen molar-refractivity contribution in [3.8, 4) is 11.4 Å². The molecular formula is C15H17N3OS. The summed E-state index contributed by atoms with van der Waals surface area (Å²) >= 11 is 1.88. The third-order valence-corrected chi connectivity index (χ3v) is 4.34. The van der Waals surface area contributed by atoms with E-state index in [1.807, 2.05) is 30.9 Å². The Balaban J connectivity index is 2.11. The number of anilines is 1. The predicted molar refractivity (Wildman–Crippen MR) is 82.7 cm³/mol. The second-order valence-corrected chi connectivity index (χ2v) is 5.64. The highest BCUT2D eigenvalue weighted by Crippen LogP contribution is 2.34. The minimum atomic E-state index is 0.570. The molecule has 1 aromatic heterocycles. The van der Waals surface area contributed by atoms with E-state index < -0.39 is 0 Å². The van der Waals surface area contributed by atoms with Gasteiger partial charge in [-0.1, -0.05) is 24.3 Å². The maximum Gasteiger partial charge on any atom is 0.162 e. The number of fused-ring (bicyclic) bond motifs is 1. The second kappa shape index (κ2) is 5.81. The van der Waals surface area contributed by atoms with E-state index in [9.17, 15) is 0 Å². The maximum atomic E-state index is 5.26. The highest BCUT2D eigenvalue weighted by molar-refractivity contribution is 7.98. The molecule has 3 rings (SSSR count). The van der Waals surface area contributed by atoms with Crippen molar-refractivity contribution in [3.05, 3.63) is 41.1 Å². The normalized spacial score (nSPS) is 13.3. The lowest BCUT2D eigenvalue weighted by atomic mass is 10.1. The first-order chi connectivity index (χ1) is 9.83. The lowest BCUT2D eigenvalue weighted by Crippen LogP contribution is -2.04. The summed E-state index contributed by atoms with van der Waals surface area (Å²) in [5.74, 6) is 3.68. The molecule has 0 saturated carbocycles. The van der Waals surface area contributed by atoms with Crippen LogP contribution in [0.3, 0.4) is 0 Å². The van der Waals surface area contributed by atoms with Crippen LogP contribution in [0.1, 0.15) is 16.8 Å². The Morgan fingerprint density at radius 1 is 1.25 bits per heavy atom. The van der Waals surface area contributed by atoms with E-state index in [2.05, 4.69) is 22.4 Å². The molecule has 5 heteroatoms. The van der Waals surface area contributed by atoms with Crippen LogP contribution in [0.15, 0.2) is 24.3 Å². The van der Waals surface area contributed by atoms with Crippen LogP contribution >= 0.6 is 11.8 Å². The van der Waals surface area contributed by atoms with Gasteiger partial charge in [0.25, 0.3) is 0 Å². The number of nitrogens with zero attached hydrogens (tertiary/aromatic N) is 2. The Labute approximate surface area is 123 Å². The molecule has 4 nitrogen and oxygen atoms in total.